The molecule has 3 rings (SSSR count). The maximum Gasteiger partial charge on any atom is 0.224 e. The van der Waals surface area contributed by atoms with Gasteiger partial charge in [0.1, 0.15) is 0 Å². The van der Waals surface area contributed by atoms with Gasteiger partial charge in [-0.25, -0.2) is 0 Å². The number of carbonyl (C=O) groups is 1. The van der Waals surface area contributed by atoms with Gasteiger partial charge in [-0.3, -0.25) is 4.79 Å². The van der Waals surface area contributed by atoms with Gasteiger partial charge >= 0.3 is 0 Å². The minimum absolute atomic E-state index is 0.0989. The topological polar surface area (TPSA) is 63.4 Å². The molecular formula is C17H15N5O. The number of aromatic nitrogens is 4. The molecule has 2 aromatic heterocycles. The van der Waals surface area contributed by atoms with Crippen LogP contribution in [0.3, 0.4) is 0 Å². The summed E-state index contributed by atoms with van der Waals surface area (Å²) in [5, 5.41) is 12.6. The molecule has 0 bridgehead atoms. The minimum Gasteiger partial charge on any atom is -0.301 e. The van der Waals surface area contributed by atoms with Crippen LogP contribution in [0.15, 0.2) is 36.4 Å². The Labute approximate surface area is 133 Å². The van der Waals surface area contributed by atoms with Gasteiger partial charge in [-0.15, -0.1) is 16.6 Å². The molecule has 23 heavy (non-hydrogen) atoms. The maximum absolute atomic E-state index is 11.8. The largest absolute Gasteiger partial charge is 0.301 e. The van der Waals surface area contributed by atoms with Crippen LogP contribution >= 0.6 is 0 Å². The number of nitrogens with zero attached hydrogens (tertiary/aromatic N) is 5. The quantitative estimate of drug-likeness (QED) is 0.695. The van der Waals surface area contributed by atoms with Crippen LogP contribution in [0.2, 0.25) is 0 Å². The fourth-order valence-electron chi connectivity index (χ4n) is 2.36. The minimum atomic E-state index is -0.0989. The number of benzene rings is 1. The highest BCUT2D eigenvalue weighted by Gasteiger charge is 2.12. The molecule has 3 aromatic rings. The molecule has 6 nitrogen and oxygen atoms in total. The lowest BCUT2D eigenvalue weighted by Gasteiger charge is -2.19. The average molecular weight is 305 g/mol. The van der Waals surface area contributed by atoms with Gasteiger partial charge in [0.15, 0.2) is 11.5 Å². The average Bonchev–Trinajstić information content (AvgIpc) is 2.93. The lowest BCUT2D eigenvalue weighted by molar-refractivity contribution is -0.116. The molecule has 0 aliphatic rings. The summed E-state index contributed by atoms with van der Waals surface area (Å²) < 4.78 is 1.69. The van der Waals surface area contributed by atoms with Crippen LogP contribution in [-0.2, 0) is 4.79 Å². The van der Waals surface area contributed by atoms with Gasteiger partial charge in [0.05, 0.1) is 12.2 Å². The third-order valence-corrected chi connectivity index (χ3v) is 3.50. The summed E-state index contributed by atoms with van der Waals surface area (Å²) >= 11 is 0. The molecule has 0 fully saturated rings. The molecule has 0 saturated carbocycles. The van der Waals surface area contributed by atoms with Crippen molar-refractivity contribution in [1.82, 2.24) is 19.8 Å². The Bertz CT molecular complexity index is 922. The second kappa shape index (κ2) is 5.89. The Kier molecular flexibility index (Phi) is 3.77. The lowest BCUT2D eigenvalue weighted by atomic mass is 10.1. The first-order chi connectivity index (χ1) is 11.1. The van der Waals surface area contributed by atoms with E-state index in [1.165, 1.54) is 6.92 Å². The highest BCUT2D eigenvalue weighted by molar-refractivity contribution is 5.92. The molecule has 2 heterocycles. The van der Waals surface area contributed by atoms with E-state index in [0.29, 0.717) is 5.65 Å². The van der Waals surface area contributed by atoms with Gasteiger partial charge in [-0.2, -0.15) is 9.61 Å². The number of hydrogen-bond donors (Lipinski definition) is 0. The normalized spacial score (nSPS) is 10.5. The number of hydrogen-bond acceptors (Lipinski definition) is 4. The van der Waals surface area contributed by atoms with Gasteiger partial charge in [0.2, 0.25) is 5.91 Å². The van der Waals surface area contributed by atoms with Crippen molar-refractivity contribution < 1.29 is 4.79 Å². The number of terminal acetylenes is 1. The molecular weight excluding hydrogens is 290 g/mol. The Hall–Kier alpha value is -3.20. The van der Waals surface area contributed by atoms with Crippen LogP contribution in [0.4, 0.5) is 5.69 Å². The summed E-state index contributed by atoms with van der Waals surface area (Å²) in [5.41, 5.74) is 3.10. The first kappa shape index (κ1) is 14.7. The summed E-state index contributed by atoms with van der Waals surface area (Å²) in [7, 11) is 0. The van der Waals surface area contributed by atoms with E-state index in [9.17, 15) is 4.79 Å². The Morgan fingerprint density at radius 1 is 1.30 bits per heavy atom. The van der Waals surface area contributed by atoms with Crippen molar-refractivity contribution in [2.45, 2.75) is 13.8 Å². The fraction of sp³-hybridized carbons (Fsp3) is 0.176. The maximum atomic E-state index is 11.8. The monoisotopic (exact) mass is 305 g/mol. The molecule has 0 radical (unpaired) electrons. The van der Waals surface area contributed by atoms with Crippen molar-refractivity contribution in [1.29, 1.82) is 0 Å². The van der Waals surface area contributed by atoms with Crippen LogP contribution in [-0.4, -0.2) is 32.3 Å². The second-order valence-electron chi connectivity index (χ2n) is 5.10. The van der Waals surface area contributed by atoms with Crippen molar-refractivity contribution in [3.05, 3.63) is 42.2 Å². The van der Waals surface area contributed by atoms with Crippen molar-refractivity contribution in [2.75, 3.05) is 11.4 Å². The molecule has 0 unspecified atom stereocenters. The van der Waals surface area contributed by atoms with Crippen molar-refractivity contribution in [3.8, 4) is 23.6 Å². The zero-order valence-corrected chi connectivity index (χ0v) is 12.9. The molecule has 0 spiro atoms. The zero-order chi connectivity index (χ0) is 16.4. The van der Waals surface area contributed by atoms with E-state index < -0.39 is 0 Å². The molecule has 0 aliphatic carbocycles. The van der Waals surface area contributed by atoms with Gasteiger partial charge in [0.25, 0.3) is 0 Å². The van der Waals surface area contributed by atoms with E-state index in [4.69, 9.17) is 6.42 Å². The number of fused-ring (bicyclic) bond motifs is 1. The predicted octanol–water partition coefficient (Wildman–Crippen LogP) is 2.09. The Morgan fingerprint density at radius 3 is 2.87 bits per heavy atom. The predicted molar refractivity (Wildman–Crippen MR) is 87.8 cm³/mol. The van der Waals surface area contributed by atoms with E-state index >= 15 is 0 Å². The summed E-state index contributed by atoms with van der Waals surface area (Å²) in [5.74, 6) is 3.12. The smallest absolute Gasteiger partial charge is 0.224 e. The van der Waals surface area contributed by atoms with E-state index in [-0.39, 0.29) is 12.5 Å². The zero-order valence-electron chi connectivity index (χ0n) is 12.9. The molecule has 6 heteroatoms. The highest BCUT2D eigenvalue weighted by Crippen LogP contribution is 2.23. The lowest BCUT2D eigenvalue weighted by Crippen LogP contribution is -2.28. The van der Waals surface area contributed by atoms with Crippen LogP contribution < -0.4 is 4.90 Å². The number of aryl methyl sites for hydroxylation is 1. The Morgan fingerprint density at radius 2 is 2.13 bits per heavy atom. The van der Waals surface area contributed by atoms with Gasteiger partial charge in [-0.1, -0.05) is 18.1 Å². The van der Waals surface area contributed by atoms with E-state index in [1.807, 2.05) is 43.3 Å². The number of amides is 1. The van der Waals surface area contributed by atoms with Gasteiger partial charge in [-0.05, 0) is 31.2 Å². The first-order valence-electron chi connectivity index (χ1n) is 7.11. The number of rotatable bonds is 3. The third-order valence-electron chi connectivity index (χ3n) is 3.50. The summed E-state index contributed by atoms with van der Waals surface area (Å²) in [6.07, 6.45) is 5.35. The first-order valence-corrected chi connectivity index (χ1v) is 7.11. The van der Waals surface area contributed by atoms with Crippen LogP contribution in [0.25, 0.3) is 16.9 Å². The van der Waals surface area contributed by atoms with Crippen molar-refractivity contribution >= 4 is 17.2 Å². The van der Waals surface area contributed by atoms with Crippen LogP contribution in [0.1, 0.15) is 12.7 Å². The molecule has 0 atom stereocenters. The fourth-order valence-corrected chi connectivity index (χ4v) is 2.36. The third kappa shape index (κ3) is 2.77. The number of anilines is 1. The van der Waals surface area contributed by atoms with Crippen molar-refractivity contribution in [3.63, 3.8) is 0 Å². The second-order valence-corrected chi connectivity index (χ2v) is 5.10. The molecule has 0 N–H and O–H groups in total. The highest BCUT2D eigenvalue weighted by atomic mass is 16.2. The van der Waals surface area contributed by atoms with Crippen LogP contribution in [0.5, 0.6) is 0 Å². The number of carbonyl (C=O) groups excluding carboxylic acids is 1. The standard InChI is InChI=1S/C17H15N5O/c1-4-10-21(13(3)23)15-7-5-6-14(11-15)16-8-9-17-19-18-12(2)22(17)20-16/h1,5-9,11H,10H2,2-3H3. The Balaban J connectivity index is 2.05. The summed E-state index contributed by atoms with van der Waals surface area (Å²) in [4.78, 5) is 13.3. The van der Waals surface area contributed by atoms with Crippen LogP contribution in [0, 0.1) is 19.3 Å². The molecule has 1 aromatic carbocycles. The summed E-state index contributed by atoms with van der Waals surface area (Å²) in [6.45, 7) is 3.57. The van der Waals surface area contributed by atoms with E-state index in [1.54, 1.807) is 9.42 Å². The molecule has 0 saturated heterocycles. The van der Waals surface area contributed by atoms with Gasteiger partial charge in [0, 0.05) is 18.2 Å². The van der Waals surface area contributed by atoms with Crippen molar-refractivity contribution in [2.24, 2.45) is 0 Å². The van der Waals surface area contributed by atoms with Gasteiger partial charge < -0.3 is 4.90 Å². The molecule has 114 valence electrons. The molecule has 0 aliphatic heterocycles. The molecule has 1 amide bonds. The summed E-state index contributed by atoms with van der Waals surface area (Å²) in [6, 6.07) is 11.3. The van der Waals surface area contributed by atoms with E-state index in [2.05, 4.69) is 21.2 Å². The SMILES string of the molecule is C#CCN(C(C)=O)c1cccc(-c2ccc3nnc(C)n3n2)c1. The van der Waals surface area contributed by atoms with E-state index in [0.717, 1.165) is 22.8 Å².